The third-order valence-corrected chi connectivity index (χ3v) is 8.04. The van der Waals surface area contributed by atoms with Crippen LogP contribution in [0.25, 0.3) is 0 Å². The Morgan fingerprint density at radius 1 is 0.949 bits per heavy atom. The van der Waals surface area contributed by atoms with Crippen LogP contribution in [0.1, 0.15) is 31.9 Å². The summed E-state index contributed by atoms with van der Waals surface area (Å²) < 4.78 is 58.2. The highest BCUT2D eigenvalue weighted by atomic mass is 35.5. The lowest BCUT2D eigenvalue weighted by atomic mass is 9.97. The van der Waals surface area contributed by atoms with Gasteiger partial charge in [-0.2, -0.15) is 0 Å². The number of carbonyl (C=O) groups excluding carboxylic acids is 1. The molecular formula is C28H32ClFN2O6S. The van der Waals surface area contributed by atoms with Crippen LogP contribution >= 0.6 is 11.6 Å². The smallest absolute Gasteiger partial charge is 0.264 e. The minimum Gasteiger partial charge on any atom is -0.497 e. The van der Waals surface area contributed by atoms with Crippen LogP contribution in [-0.4, -0.2) is 42.2 Å². The molecule has 1 amide bonds. The normalized spacial score (nSPS) is 12.1. The Labute approximate surface area is 233 Å². The van der Waals surface area contributed by atoms with Gasteiger partial charge in [0.25, 0.3) is 10.0 Å². The van der Waals surface area contributed by atoms with E-state index in [1.807, 2.05) is 26.0 Å². The van der Waals surface area contributed by atoms with Crippen molar-refractivity contribution in [3.8, 4) is 17.2 Å². The van der Waals surface area contributed by atoms with Gasteiger partial charge in [-0.1, -0.05) is 37.6 Å². The fourth-order valence-corrected chi connectivity index (χ4v) is 5.62. The van der Waals surface area contributed by atoms with Crippen molar-refractivity contribution in [2.45, 2.75) is 31.2 Å². The molecule has 1 unspecified atom stereocenters. The van der Waals surface area contributed by atoms with Gasteiger partial charge < -0.3 is 19.5 Å². The number of nitrogens with one attached hydrogen (secondary N) is 1. The Morgan fingerprint density at radius 2 is 1.62 bits per heavy atom. The zero-order valence-electron chi connectivity index (χ0n) is 22.4. The van der Waals surface area contributed by atoms with Gasteiger partial charge in [0.05, 0.1) is 43.0 Å². The van der Waals surface area contributed by atoms with Crippen LogP contribution in [0.4, 0.5) is 10.1 Å². The Kier molecular flexibility index (Phi) is 10.0. The van der Waals surface area contributed by atoms with Crippen molar-refractivity contribution in [1.29, 1.82) is 0 Å². The first-order valence-corrected chi connectivity index (χ1v) is 13.9. The molecule has 11 heteroatoms. The third kappa shape index (κ3) is 7.33. The van der Waals surface area contributed by atoms with E-state index in [0.717, 1.165) is 22.0 Å². The summed E-state index contributed by atoms with van der Waals surface area (Å²) in [5, 5.41) is 2.67. The van der Waals surface area contributed by atoms with Crippen molar-refractivity contribution in [2.24, 2.45) is 5.92 Å². The molecule has 3 aromatic rings. The maximum atomic E-state index is 13.9. The van der Waals surface area contributed by atoms with Crippen LogP contribution in [-0.2, 0) is 14.8 Å². The third-order valence-electron chi connectivity index (χ3n) is 5.98. The largest absolute Gasteiger partial charge is 0.497 e. The number of methoxy groups -OCH3 is 3. The Hall–Kier alpha value is -3.50. The number of nitrogens with zero attached hydrogens (tertiary/aromatic N) is 1. The molecule has 0 radical (unpaired) electrons. The summed E-state index contributed by atoms with van der Waals surface area (Å²) in [5.41, 5.74) is 0.869. The molecule has 3 aromatic carbocycles. The van der Waals surface area contributed by atoms with Gasteiger partial charge in [0, 0.05) is 6.07 Å². The first-order chi connectivity index (χ1) is 18.5. The molecule has 0 aliphatic rings. The molecule has 0 heterocycles. The molecule has 0 aliphatic carbocycles. The summed E-state index contributed by atoms with van der Waals surface area (Å²) in [6.45, 7) is 3.47. The number of rotatable bonds is 12. The standard InChI is InChI=1S/C28H32ClFN2O6S/c1-18(2)14-25(19-6-9-21(36-3)10-7-19)31-28(33)17-32(20-8-12-24(30)23(29)15-20)39(34,35)22-11-13-26(37-4)27(16-22)38-5/h6-13,15-16,18,25H,14,17H2,1-5H3,(H,31,33). The van der Waals surface area contributed by atoms with E-state index in [-0.39, 0.29) is 33.3 Å². The number of benzene rings is 3. The fourth-order valence-electron chi connectivity index (χ4n) is 4.02. The number of amides is 1. The van der Waals surface area contributed by atoms with Gasteiger partial charge in [-0.15, -0.1) is 0 Å². The van der Waals surface area contributed by atoms with E-state index >= 15 is 0 Å². The van der Waals surface area contributed by atoms with Gasteiger partial charge in [0.2, 0.25) is 5.91 Å². The quantitative estimate of drug-likeness (QED) is 0.300. The highest BCUT2D eigenvalue weighted by Crippen LogP contribution is 2.33. The van der Waals surface area contributed by atoms with Gasteiger partial charge in [0.15, 0.2) is 11.5 Å². The van der Waals surface area contributed by atoms with Crippen LogP contribution in [0, 0.1) is 11.7 Å². The monoisotopic (exact) mass is 578 g/mol. The molecule has 0 aromatic heterocycles. The van der Waals surface area contributed by atoms with Crippen LogP contribution in [0.5, 0.6) is 17.2 Å². The molecule has 1 atom stereocenters. The second-order valence-electron chi connectivity index (χ2n) is 9.15. The van der Waals surface area contributed by atoms with Crippen molar-refractivity contribution in [1.82, 2.24) is 5.32 Å². The summed E-state index contributed by atoms with van der Waals surface area (Å²) in [7, 11) is 0.0498. The number of halogens is 2. The molecule has 8 nitrogen and oxygen atoms in total. The number of sulfonamides is 1. The van der Waals surface area contributed by atoms with E-state index in [1.54, 1.807) is 19.2 Å². The molecule has 0 bridgehead atoms. The average Bonchev–Trinajstić information content (AvgIpc) is 2.92. The minimum absolute atomic E-state index is 0.0243. The maximum Gasteiger partial charge on any atom is 0.264 e. The van der Waals surface area contributed by atoms with E-state index in [9.17, 15) is 17.6 Å². The topological polar surface area (TPSA) is 94.2 Å². The lowest BCUT2D eigenvalue weighted by Gasteiger charge is -2.27. The van der Waals surface area contributed by atoms with Crippen molar-refractivity contribution in [3.05, 3.63) is 77.1 Å². The number of hydrogen-bond acceptors (Lipinski definition) is 6. The second-order valence-corrected chi connectivity index (χ2v) is 11.4. The van der Waals surface area contributed by atoms with Crippen molar-refractivity contribution >= 4 is 33.2 Å². The number of anilines is 1. The molecule has 1 N–H and O–H groups in total. The lowest BCUT2D eigenvalue weighted by Crippen LogP contribution is -2.42. The second kappa shape index (κ2) is 13.0. The molecule has 0 fully saturated rings. The molecule has 0 spiro atoms. The van der Waals surface area contributed by atoms with Crippen molar-refractivity contribution in [2.75, 3.05) is 32.2 Å². The van der Waals surface area contributed by atoms with Gasteiger partial charge in [-0.25, -0.2) is 12.8 Å². The first-order valence-electron chi connectivity index (χ1n) is 12.1. The number of hydrogen-bond donors (Lipinski definition) is 1. The van der Waals surface area contributed by atoms with E-state index in [1.165, 1.54) is 38.5 Å². The summed E-state index contributed by atoms with van der Waals surface area (Å²) in [5.74, 6) is 0.165. The predicted octanol–water partition coefficient (Wildman–Crippen LogP) is 5.60. The zero-order chi connectivity index (χ0) is 28.7. The molecule has 3 rings (SSSR count). The summed E-state index contributed by atoms with van der Waals surface area (Å²) in [6.07, 6.45) is 0.614. The molecular weight excluding hydrogens is 547 g/mol. The van der Waals surface area contributed by atoms with Crippen LogP contribution < -0.4 is 23.8 Å². The predicted molar refractivity (Wildman–Crippen MR) is 149 cm³/mol. The molecule has 39 heavy (non-hydrogen) atoms. The van der Waals surface area contributed by atoms with Gasteiger partial charge in [-0.05, 0) is 60.4 Å². The van der Waals surface area contributed by atoms with E-state index in [4.69, 9.17) is 25.8 Å². The SMILES string of the molecule is COc1ccc(C(CC(C)C)NC(=O)CN(c2ccc(F)c(Cl)c2)S(=O)(=O)c2ccc(OC)c(OC)c2)cc1. The number of ether oxygens (including phenoxy) is 3. The Balaban J connectivity index is 1.99. The van der Waals surface area contributed by atoms with Crippen molar-refractivity contribution in [3.63, 3.8) is 0 Å². The van der Waals surface area contributed by atoms with Crippen LogP contribution in [0.15, 0.2) is 65.6 Å². The summed E-state index contributed by atoms with van der Waals surface area (Å²) >= 11 is 5.98. The minimum atomic E-state index is -4.33. The van der Waals surface area contributed by atoms with Crippen LogP contribution in [0.3, 0.4) is 0 Å². The Bertz CT molecular complexity index is 1400. The van der Waals surface area contributed by atoms with Gasteiger partial charge in [-0.3, -0.25) is 9.10 Å². The highest BCUT2D eigenvalue weighted by Gasteiger charge is 2.30. The zero-order valence-corrected chi connectivity index (χ0v) is 24.0. The van der Waals surface area contributed by atoms with Gasteiger partial charge in [0.1, 0.15) is 18.1 Å². The highest BCUT2D eigenvalue weighted by molar-refractivity contribution is 7.92. The van der Waals surface area contributed by atoms with E-state index in [2.05, 4.69) is 5.32 Å². The van der Waals surface area contributed by atoms with Gasteiger partial charge >= 0.3 is 0 Å². The Morgan fingerprint density at radius 3 is 2.18 bits per heavy atom. The number of carbonyl (C=O) groups is 1. The average molecular weight is 579 g/mol. The summed E-state index contributed by atoms with van der Waals surface area (Å²) in [6, 6.07) is 14.5. The van der Waals surface area contributed by atoms with Crippen molar-refractivity contribution < 1.29 is 31.8 Å². The molecule has 0 saturated heterocycles. The maximum absolute atomic E-state index is 13.9. The first kappa shape index (κ1) is 30.0. The molecule has 210 valence electrons. The van der Waals surface area contributed by atoms with E-state index < -0.39 is 28.3 Å². The molecule has 0 aliphatic heterocycles. The fraction of sp³-hybridized carbons (Fsp3) is 0.321. The van der Waals surface area contributed by atoms with E-state index in [0.29, 0.717) is 17.9 Å². The molecule has 0 saturated carbocycles. The van der Waals surface area contributed by atoms with Crippen LogP contribution in [0.2, 0.25) is 5.02 Å². The lowest BCUT2D eigenvalue weighted by molar-refractivity contribution is -0.120. The summed E-state index contributed by atoms with van der Waals surface area (Å²) in [4.78, 5) is 13.2.